The van der Waals surface area contributed by atoms with Gasteiger partial charge in [-0.15, -0.1) is 0 Å². The van der Waals surface area contributed by atoms with Crippen molar-refractivity contribution in [1.29, 1.82) is 0 Å². The quantitative estimate of drug-likeness (QED) is 0.498. The Morgan fingerprint density at radius 2 is 1.91 bits per heavy atom. The van der Waals surface area contributed by atoms with Crippen LogP contribution in [0.15, 0.2) is 24.5 Å². The molecule has 34 heavy (non-hydrogen) atoms. The van der Waals surface area contributed by atoms with Gasteiger partial charge in [0.25, 0.3) is 0 Å². The number of nitrogens with zero attached hydrogens (tertiary/aromatic N) is 5. The average molecular weight is 505 g/mol. The predicted octanol–water partition coefficient (Wildman–Crippen LogP) is 4.79. The summed E-state index contributed by atoms with van der Waals surface area (Å²) in [6.45, 7) is 9.16. The minimum Gasteiger partial charge on any atom is -0.388 e. The number of piperidine rings is 1. The van der Waals surface area contributed by atoms with E-state index in [1.807, 2.05) is 13.0 Å². The van der Waals surface area contributed by atoms with Gasteiger partial charge < -0.3 is 15.2 Å². The SMILES string of the molecule is CC(n1ncc(Nc2ncc3cc(Cl)c(C4CCN(C5COC5)CC4)cc3n2)c1Cl)C(C)(C)O. The molecule has 182 valence electrons. The minimum atomic E-state index is -0.968. The van der Waals surface area contributed by atoms with Crippen molar-refractivity contribution in [3.8, 4) is 0 Å². The van der Waals surface area contributed by atoms with Gasteiger partial charge in [0.15, 0.2) is 5.15 Å². The summed E-state index contributed by atoms with van der Waals surface area (Å²) in [4.78, 5) is 11.7. The van der Waals surface area contributed by atoms with Crippen molar-refractivity contribution in [3.63, 3.8) is 0 Å². The second-order valence-corrected chi connectivity index (χ2v) is 10.6. The summed E-state index contributed by atoms with van der Waals surface area (Å²) in [7, 11) is 0. The molecular formula is C24H30Cl2N6O2. The zero-order valence-corrected chi connectivity index (χ0v) is 21.1. The number of ether oxygens (including phenoxy) is 1. The number of fused-ring (bicyclic) bond motifs is 1. The van der Waals surface area contributed by atoms with Crippen LogP contribution < -0.4 is 5.32 Å². The van der Waals surface area contributed by atoms with Gasteiger partial charge in [-0.05, 0) is 70.3 Å². The number of benzene rings is 1. The summed E-state index contributed by atoms with van der Waals surface area (Å²) in [6, 6.07) is 4.33. The highest BCUT2D eigenvalue weighted by Crippen LogP contribution is 2.36. The molecule has 0 spiro atoms. The molecule has 2 saturated heterocycles. The van der Waals surface area contributed by atoms with Crippen molar-refractivity contribution >= 4 is 45.7 Å². The Morgan fingerprint density at radius 1 is 1.18 bits per heavy atom. The van der Waals surface area contributed by atoms with Gasteiger partial charge in [-0.3, -0.25) is 4.90 Å². The van der Waals surface area contributed by atoms with Crippen molar-refractivity contribution in [3.05, 3.63) is 40.3 Å². The van der Waals surface area contributed by atoms with E-state index in [1.54, 1.807) is 30.9 Å². The molecule has 0 saturated carbocycles. The molecule has 0 aliphatic carbocycles. The van der Waals surface area contributed by atoms with Crippen molar-refractivity contribution in [2.24, 2.45) is 0 Å². The molecule has 2 fully saturated rings. The predicted molar refractivity (Wildman–Crippen MR) is 134 cm³/mol. The lowest BCUT2D eigenvalue weighted by Gasteiger charge is -2.41. The molecule has 0 amide bonds. The molecule has 3 aromatic rings. The van der Waals surface area contributed by atoms with E-state index < -0.39 is 5.60 Å². The standard InChI is InChI=1S/C24H30Cl2N6O2/c1-14(24(2,3)33)32-22(26)21(11-28-32)30-23-27-10-16-8-19(25)18(9-20(16)29-23)15-4-6-31(7-5-15)17-12-34-13-17/h8-11,14-15,17,33H,4-7,12-13H2,1-3H3,(H,27,29,30). The fourth-order valence-electron chi connectivity index (χ4n) is 4.57. The van der Waals surface area contributed by atoms with Gasteiger partial charge >= 0.3 is 0 Å². The molecule has 10 heteroatoms. The van der Waals surface area contributed by atoms with Gasteiger partial charge in [0.2, 0.25) is 5.95 Å². The maximum Gasteiger partial charge on any atom is 0.227 e. The summed E-state index contributed by atoms with van der Waals surface area (Å²) < 4.78 is 6.94. The lowest BCUT2D eigenvalue weighted by Crippen LogP contribution is -2.51. The number of aromatic nitrogens is 4. The second kappa shape index (κ2) is 9.24. The van der Waals surface area contributed by atoms with Gasteiger partial charge in [0, 0.05) is 16.6 Å². The van der Waals surface area contributed by atoms with Crippen LogP contribution in [0.4, 0.5) is 11.6 Å². The molecular weight excluding hydrogens is 475 g/mol. The third kappa shape index (κ3) is 4.62. The van der Waals surface area contributed by atoms with Crippen LogP contribution in [0.25, 0.3) is 10.9 Å². The van der Waals surface area contributed by atoms with Crippen LogP contribution in [0.1, 0.15) is 51.1 Å². The Morgan fingerprint density at radius 3 is 2.56 bits per heavy atom. The van der Waals surface area contributed by atoms with E-state index in [9.17, 15) is 5.11 Å². The van der Waals surface area contributed by atoms with Gasteiger partial charge in [0.1, 0.15) is 0 Å². The Labute approximate surface area is 209 Å². The molecule has 2 aromatic heterocycles. The van der Waals surface area contributed by atoms with Gasteiger partial charge in [-0.1, -0.05) is 23.2 Å². The molecule has 0 radical (unpaired) electrons. The summed E-state index contributed by atoms with van der Waals surface area (Å²) in [5, 5.41) is 19.9. The first-order valence-corrected chi connectivity index (χ1v) is 12.5. The number of likely N-dealkylation sites (tertiary alicyclic amines) is 1. The Kier molecular flexibility index (Phi) is 6.46. The maximum atomic E-state index is 10.3. The largest absolute Gasteiger partial charge is 0.388 e. The highest BCUT2D eigenvalue weighted by Gasteiger charge is 2.31. The van der Waals surface area contributed by atoms with Gasteiger partial charge in [-0.25, -0.2) is 14.6 Å². The topological polar surface area (TPSA) is 88.3 Å². The van der Waals surface area contributed by atoms with Crippen LogP contribution in [0.2, 0.25) is 10.2 Å². The van der Waals surface area contributed by atoms with Crippen LogP contribution in [-0.4, -0.2) is 67.7 Å². The maximum absolute atomic E-state index is 10.3. The van der Waals surface area contributed by atoms with Crippen LogP contribution in [0.3, 0.4) is 0 Å². The highest BCUT2D eigenvalue weighted by atomic mass is 35.5. The minimum absolute atomic E-state index is 0.305. The molecule has 0 bridgehead atoms. The van der Waals surface area contributed by atoms with Crippen LogP contribution >= 0.6 is 23.2 Å². The number of hydrogen-bond donors (Lipinski definition) is 2. The van der Waals surface area contributed by atoms with Crippen molar-refractivity contribution in [2.45, 2.75) is 57.2 Å². The van der Waals surface area contributed by atoms with Crippen LogP contribution in [0, 0.1) is 0 Å². The summed E-state index contributed by atoms with van der Waals surface area (Å²) >= 11 is 13.2. The van der Waals surface area contributed by atoms with E-state index in [0.29, 0.717) is 28.7 Å². The molecule has 4 heterocycles. The monoisotopic (exact) mass is 504 g/mol. The normalized spacial score (nSPS) is 19.4. The molecule has 2 N–H and O–H groups in total. The average Bonchev–Trinajstić information content (AvgIpc) is 3.11. The number of hydrogen-bond acceptors (Lipinski definition) is 7. The van der Waals surface area contributed by atoms with Crippen LogP contribution in [-0.2, 0) is 4.74 Å². The fourth-order valence-corrected chi connectivity index (χ4v) is 5.18. The highest BCUT2D eigenvalue weighted by molar-refractivity contribution is 6.32. The first-order chi connectivity index (χ1) is 16.2. The van der Waals surface area contributed by atoms with Crippen LogP contribution in [0.5, 0.6) is 0 Å². The van der Waals surface area contributed by atoms with Gasteiger partial charge in [-0.2, -0.15) is 5.10 Å². The van der Waals surface area contributed by atoms with Crippen molar-refractivity contribution in [1.82, 2.24) is 24.6 Å². The Bertz CT molecular complexity index is 1180. The number of anilines is 2. The van der Waals surface area contributed by atoms with E-state index in [2.05, 4.69) is 26.4 Å². The number of nitrogens with one attached hydrogen (secondary N) is 1. The third-order valence-corrected chi connectivity index (χ3v) is 7.88. The Balaban J connectivity index is 1.35. The number of halogens is 2. The molecule has 1 aromatic carbocycles. The van der Waals surface area contributed by atoms with E-state index in [4.69, 9.17) is 32.9 Å². The molecule has 2 aliphatic rings. The summed E-state index contributed by atoms with van der Waals surface area (Å²) in [6.07, 6.45) is 5.53. The fraction of sp³-hybridized carbons (Fsp3) is 0.542. The first-order valence-electron chi connectivity index (χ1n) is 11.7. The van der Waals surface area contributed by atoms with E-state index >= 15 is 0 Å². The zero-order valence-electron chi connectivity index (χ0n) is 19.6. The van der Waals surface area contributed by atoms with E-state index in [1.165, 1.54) is 0 Å². The van der Waals surface area contributed by atoms with Crippen molar-refractivity contribution < 1.29 is 9.84 Å². The number of rotatable bonds is 6. The number of aliphatic hydroxyl groups is 1. The smallest absolute Gasteiger partial charge is 0.227 e. The van der Waals surface area contributed by atoms with Crippen molar-refractivity contribution in [2.75, 3.05) is 31.6 Å². The van der Waals surface area contributed by atoms with E-state index in [-0.39, 0.29) is 6.04 Å². The lowest BCUT2D eigenvalue weighted by molar-refractivity contribution is -0.0712. The van der Waals surface area contributed by atoms with E-state index in [0.717, 1.165) is 60.6 Å². The lowest BCUT2D eigenvalue weighted by atomic mass is 9.88. The molecule has 1 atom stereocenters. The first kappa shape index (κ1) is 23.8. The second-order valence-electron chi connectivity index (χ2n) is 9.88. The third-order valence-electron chi connectivity index (χ3n) is 7.17. The zero-order chi connectivity index (χ0) is 24.0. The summed E-state index contributed by atoms with van der Waals surface area (Å²) in [5.74, 6) is 0.842. The Hall–Kier alpha value is -1.97. The van der Waals surface area contributed by atoms with Gasteiger partial charge in [0.05, 0.1) is 48.3 Å². The summed E-state index contributed by atoms with van der Waals surface area (Å²) in [5.41, 5.74) is 1.59. The molecule has 1 unspecified atom stereocenters. The molecule has 2 aliphatic heterocycles. The molecule has 5 rings (SSSR count). The molecule has 8 nitrogen and oxygen atoms in total.